The molecule has 2 heteroatoms. The lowest BCUT2D eigenvalue weighted by atomic mass is 10.0. The van der Waals surface area contributed by atoms with Crippen molar-refractivity contribution >= 4 is 5.69 Å². The van der Waals surface area contributed by atoms with Gasteiger partial charge in [-0.1, -0.05) is 42.5 Å². The van der Waals surface area contributed by atoms with Crippen LogP contribution in [0.15, 0.2) is 54.6 Å². The van der Waals surface area contributed by atoms with E-state index in [9.17, 15) is 5.11 Å². The summed E-state index contributed by atoms with van der Waals surface area (Å²) in [5.41, 5.74) is 2.86. The van der Waals surface area contributed by atoms with Crippen molar-refractivity contribution in [3.05, 3.63) is 54.6 Å². The number of hydrogen-bond donors (Lipinski definition) is 1. The number of benzene rings is 2. The Morgan fingerprint density at radius 3 is 1.95 bits per heavy atom. The van der Waals surface area contributed by atoms with Gasteiger partial charge in [0.1, 0.15) is 0 Å². The Hall–Kier alpha value is -1.80. The highest BCUT2D eigenvalue weighted by molar-refractivity contribution is 5.66. The van der Waals surface area contributed by atoms with Crippen LogP contribution in [0.1, 0.15) is 13.8 Å². The van der Waals surface area contributed by atoms with Crippen LogP contribution in [0.2, 0.25) is 0 Å². The van der Waals surface area contributed by atoms with Gasteiger partial charge >= 0.3 is 0 Å². The summed E-state index contributed by atoms with van der Waals surface area (Å²) in [6, 6.07) is 18.7. The molecule has 2 nitrogen and oxygen atoms in total. The number of likely N-dealkylation sites (N-methyl/N-ethyl adjacent to an activating group) is 1. The molecule has 0 heterocycles. The Morgan fingerprint density at radius 1 is 0.895 bits per heavy atom. The first-order valence-corrected chi connectivity index (χ1v) is 6.55. The van der Waals surface area contributed by atoms with Crippen molar-refractivity contribution in [2.24, 2.45) is 0 Å². The van der Waals surface area contributed by atoms with Gasteiger partial charge in [0.05, 0.1) is 5.60 Å². The maximum absolute atomic E-state index is 9.84. The van der Waals surface area contributed by atoms with Crippen molar-refractivity contribution in [3.8, 4) is 11.1 Å². The second kappa shape index (κ2) is 5.45. The van der Waals surface area contributed by atoms with Gasteiger partial charge in [0.25, 0.3) is 0 Å². The Balaban J connectivity index is 2.15. The molecule has 1 N–H and O–H groups in total. The Morgan fingerprint density at radius 2 is 1.42 bits per heavy atom. The van der Waals surface area contributed by atoms with E-state index >= 15 is 0 Å². The number of aliphatic hydroxyl groups is 1. The minimum absolute atomic E-state index is 0.609. The predicted octanol–water partition coefficient (Wildman–Crippen LogP) is 3.56. The second-order valence-corrected chi connectivity index (χ2v) is 5.58. The summed E-state index contributed by atoms with van der Waals surface area (Å²) in [4.78, 5) is 2.06. The van der Waals surface area contributed by atoms with Crippen LogP contribution in [-0.4, -0.2) is 24.3 Å². The molecular weight excluding hydrogens is 234 g/mol. The fraction of sp³-hybridized carbons (Fsp3) is 0.294. The maximum atomic E-state index is 9.84. The smallest absolute Gasteiger partial charge is 0.0765 e. The third-order valence-electron chi connectivity index (χ3n) is 3.04. The number of anilines is 1. The average molecular weight is 255 g/mol. The van der Waals surface area contributed by atoms with Gasteiger partial charge in [-0.15, -0.1) is 0 Å². The van der Waals surface area contributed by atoms with Crippen LogP contribution in [0.5, 0.6) is 0 Å². The summed E-state index contributed by atoms with van der Waals surface area (Å²) in [6.45, 7) is 4.25. The lowest BCUT2D eigenvalue weighted by molar-refractivity contribution is 0.0886. The summed E-state index contributed by atoms with van der Waals surface area (Å²) in [5, 5.41) is 9.84. The van der Waals surface area contributed by atoms with E-state index in [1.54, 1.807) is 0 Å². The third kappa shape index (κ3) is 3.83. The van der Waals surface area contributed by atoms with Crippen molar-refractivity contribution in [2.75, 3.05) is 18.5 Å². The monoisotopic (exact) mass is 255 g/mol. The topological polar surface area (TPSA) is 23.5 Å². The molecule has 0 atom stereocenters. The highest BCUT2D eigenvalue weighted by Crippen LogP contribution is 2.23. The van der Waals surface area contributed by atoms with Crippen LogP contribution in [0.25, 0.3) is 11.1 Å². The molecule has 100 valence electrons. The summed E-state index contributed by atoms with van der Waals surface area (Å²) >= 11 is 0. The van der Waals surface area contributed by atoms with Crippen LogP contribution < -0.4 is 4.90 Å². The molecule has 0 spiro atoms. The molecule has 0 aromatic heterocycles. The molecule has 2 aromatic carbocycles. The van der Waals surface area contributed by atoms with Gasteiger partial charge in [-0.25, -0.2) is 0 Å². The van der Waals surface area contributed by atoms with E-state index in [1.165, 1.54) is 11.1 Å². The first-order chi connectivity index (χ1) is 8.96. The quantitative estimate of drug-likeness (QED) is 0.903. The number of nitrogens with zero attached hydrogens (tertiary/aromatic N) is 1. The Bertz CT molecular complexity index is 511. The molecule has 2 rings (SSSR count). The molecule has 2 aromatic rings. The van der Waals surface area contributed by atoms with Gasteiger partial charge in [-0.3, -0.25) is 0 Å². The van der Waals surface area contributed by atoms with E-state index in [-0.39, 0.29) is 0 Å². The summed E-state index contributed by atoms with van der Waals surface area (Å²) < 4.78 is 0. The molecule has 0 saturated heterocycles. The van der Waals surface area contributed by atoms with E-state index in [0.717, 1.165) is 5.69 Å². The maximum Gasteiger partial charge on any atom is 0.0765 e. The van der Waals surface area contributed by atoms with Gasteiger partial charge in [0.15, 0.2) is 0 Å². The van der Waals surface area contributed by atoms with Crippen molar-refractivity contribution in [1.29, 1.82) is 0 Å². The summed E-state index contributed by atoms with van der Waals surface area (Å²) in [6.07, 6.45) is 0. The molecule has 0 radical (unpaired) electrons. The van der Waals surface area contributed by atoms with Crippen molar-refractivity contribution in [3.63, 3.8) is 0 Å². The molecule has 0 amide bonds. The number of hydrogen-bond acceptors (Lipinski definition) is 2. The molecule has 0 aliphatic carbocycles. The first kappa shape index (κ1) is 13.6. The lowest BCUT2D eigenvalue weighted by Gasteiger charge is -2.27. The highest BCUT2D eigenvalue weighted by atomic mass is 16.3. The SMILES string of the molecule is CN(CC(C)(C)O)c1ccc(-c2ccccc2)cc1. The zero-order chi connectivity index (χ0) is 13.9. The van der Waals surface area contributed by atoms with Crippen LogP contribution in [-0.2, 0) is 0 Å². The third-order valence-corrected chi connectivity index (χ3v) is 3.04. The van der Waals surface area contributed by atoms with E-state index in [0.29, 0.717) is 6.54 Å². The second-order valence-electron chi connectivity index (χ2n) is 5.58. The van der Waals surface area contributed by atoms with E-state index in [1.807, 2.05) is 39.1 Å². The zero-order valence-electron chi connectivity index (χ0n) is 11.8. The van der Waals surface area contributed by atoms with Gasteiger partial charge in [-0.2, -0.15) is 0 Å². The largest absolute Gasteiger partial charge is 0.389 e. The van der Waals surface area contributed by atoms with Crippen LogP contribution in [0.4, 0.5) is 5.69 Å². The molecular formula is C17H21NO. The van der Waals surface area contributed by atoms with E-state index < -0.39 is 5.60 Å². The van der Waals surface area contributed by atoms with E-state index in [4.69, 9.17) is 0 Å². The summed E-state index contributed by atoms with van der Waals surface area (Å²) in [5.74, 6) is 0. The molecule has 0 fully saturated rings. The van der Waals surface area contributed by atoms with Gasteiger partial charge in [0.2, 0.25) is 0 Å². The van der Waals surface area contributed by atoms with Crippen molar-refractivity contribution in [2.45, 2.75) is 19.4 Å². The molecule has 0 saturated carbocycles. The zero-order valence-corrected chi connectivity index (χ0v) is 11.8. The normalized spacial score (nSPS) is 11.4. The van der Waals surface area contributed by atoms with Gasteiger partial charge in [0, 0.05) is 19.3 Å². The number of rotatable bonds is 4. The average Bonchev–Trinajstić information content (AvgIpc) is 2.38. The van der Waals surface area contributed by atoms with Crippen molar-refractivity contribution < 1.29 is 5.11 Å². The van der Waals surface area contributed by atoms with Crippen molar-refractivity contribution in [1.82, 2.24) is 0 Å². The Labute approximate surface area is 115 Å². The highest BCUT2D eigenvalue weighted by Gasteiger charge is 2.15. The Kier molecular flexibility index (Phi) is 3.91. The fourth-order valence-electron chi connectivity index (χ4n) is 2.21. The van der Waals surface area contributed by atoms with Crippen LogP contribution >= 0.6 is 0 Å². The fourth-order valence-corrected chi connectivity index (χ4v) is 2.21. The van der Waals surface area contributed by atoms with Gasteiger partial charge < -0.3 is 10.0 Å². The first-order valence-electron chi connectivity index (χ1n) is 6.55. The molecule has 19 heavy (non-hydrogen) atoms. The molecule has 0 aliphatic heterocycles. The van der Waals surface area contributed by atoms with Crippen LogP contribution in [0, 0.1) is 0 Å². The minimum Gasteiger partial charge on any atom is -0.389 e. The lowest BCUT2D eigenvalue weighted by Crippen LogP contribution is -2.36. The van der Waals surface area contributed by atoms with Crippen LogP contribution in [0.3, 0.4) is 0 Å². The predicted molar refractivity (Wildman–Crippen MR) is 81.4 cm³/mol. The minimum atomic E-state index is -0.688. The molecule has 0 unspecified atom stereocenters. The molecule has 0 aliphatic rings. The summed E-state index contributed by atoms with van der Waals surface area (Å²) in [7, 11) is 2.00. The standard InChI is InChI=1S/C17H21NO/c1-17(2,19)13-18(3)16-11-9-15(10-12-16)14-7-5-4-6-8-14/h4-12,19H,13H2,1-3H3. The van der Waals surface area contributed by atoms with Gasteiger partial charge in [-0.05, 0) is 37.1 Å². The van der Waals surface area contributed by atoms with E-state index in [2.05, 4.69) is 41.3 Å². The molecule has 0 bridgehead atoms.